The van der Waals surface area contributed by atoms with E-state index in [1.807, 2.05) is 12.1 Å². The van der Waals surface area contributed by atoms with Crippen molar-refractivity contribution >= 4 is 62.6 Å². The first-order valence-corrected chi connectivity index (χ1v) is 9.93. The van der Waals surface area contributed by atoms with Crippen molar-refractivity contribution < 1.29 is 13.9 Å². The summed E-state index contributed by atoms with van der Waals surface area (Å²) >= 11 is 15.6. The van der Waals surface area contributed by atoms with Gasteiger partial charge in [0.1, 0.15) is 11.6 Å². The number of aliphatic imine (C=N–C) groups is 1. The molecule has 8 heteroatoms. The number of nitrogens with one attached hydrogen (secondary N) is 1. The van der Waals surface area contributed by atoms with Crippen LogP contribution in [0.15, 0.2) is 70.1 Å². The van der Waals surface area contributed by atoms with Gasteiger partial charge in [0.15, 0.2) is 6.61 Å². The lowest BCUT2D eigenvalue weighted by Crippen LogP contribution is -2.20. The number of carbonyl (C=O) groups excluding carboxylic acids is 1. The zero-order valence-corrected chi connectivity index (χ0v) is 17.9. The number of carbonyl (C=O) groups is 1. The Morgan fingerprint density at radius 1 is 1.10 bits per heavy atom. The minimum atomic E-state index is -0.519. The Morgan fingerprint density at radius 2 is 1.90 bits per heavy atom. The summed E-state index contributed by atoms with van der Waals surface area (Å²) in [5.74, 6) is -0.683. The van der Waals surface area contributed by atoms with Gasteiger partial charge in [-0.3, -0.25) is 9.79 Å². The fourth-order valence-corrected chi connectivity index (χ4v) is 2.99. The number of nitrogens with zero attached hydrogens (tertiary/aromatic N) is 1. The molecule has 0 aromatic heterocycles. The highest BCUT2D eigenvalue weighted by atomic mass is 79.9. The molecule has 0 aliphatic carbocycles. The third-order valence-electron chi connectivity index (χ3n) is 3.73. The molecule has 1 N–H and O–H groups in total. The number of hydrogen-bond acceptors (Lipinski definition) is 3. The van der Waals surface area contributed by atoms with Crippen LogP contribution in [0.2, 0.25) is 10.0 Å². The molecule has 0 atom stereocenters. The van der Waals surface area contributed by atoms with Crippen molar-refractivity contribution in [2.45, 2.75) is 0 Å². The summed E-state index contributed by atoms with van der Waals surface area (Å²) < 4.78 is 19.8. The number of halogens is 4. The van der Waals surface area contributed by atoms with E-state index in [-0.39, 0.29) is 12.3 Å². The summed E-state index contributed by atoms with van der Waals surface area (Å²) in [6.07, 6.45) is 1.64. The summed E-state index contributed by atoms with van der Waals surface area (Å²) in [7, 11) is 0. The number of amides is 1. The van der Waals surface area contributed by atoms with Gasteiger partial charge in [-0.1, -0.05) is 35.3 Å². The quantitative estimate of drug-likeness (QED) is 0.388. The number of anilines is 1. The van der Waals surface area contributed by atoms with Crippen molar-refractivity contribution in [3.63, 3.8) is 0 Å². The normalized spacial score (nSPS) is 10.9. The van der Waals surface area contributed by atoms with E-state index < -0.39 is 11.7 Å². The van der Waals surface area contributed by atoms with Gasteiger partial charge < -0.3 is 10.1 Å². The molecule has 0 heterocycles. The standard InChI is InChI=1S/C21H14BrCl2FN2O2/c22-15-7-6-14(10-16(15)23)26-11-13-5-8-20(17(24)9-13)29-12-21(28)27-19-4-2-1-3-18(19)25/h1-11H,12H2,(H,27,28). The van der Waals surface area contributed by atoms with Gasteiger partial charge in [-0.25, -0.2) is 4.39 Å². The molecule has 29 heavy (non-hydrogen) atoms. The van der Waals surface area contributed by atoms with Gasteiger partial charge in [0.2, 0.25) is 0 Å². The molecular formula is C21H14BrCl2FN2O2. The highest BCUT2D eigenvalue weighted by molar-refractivity contribution is 9.10. The smallest absolute Gasteiger partial charge is 0.262 e. The minimum absolute atomic E-state index is 0.0896. The Bertz CT molecular complexity index is 1080. The molecule has 3 rings (SSSR count). The van der Waals surface area contributed by atoms with Crippen LogP contribution in [0, 0.1) is 5.82 Å². The SMILES string of the molecule is O=C(COc1ccc(C=Nc2ccc(Br)c(Cl)c2)cc1Cl)Nc1ccccc1F. The molecular weight excluding hydrogens is 482 g/mol. The van der Waals surface area contributed by atoms with E-state index in [0.29, 0.717) is 21.5 Å². The average Bonchev–Trinajstić information content (AvgIpc) is 2.70. The van der Waals surface area contributed by atoms with Gasteiger partial charge in [0, 0.05) is 10.7 Å². The number of hydrogen-bond donors (Lipinski definition) is 1. The van der Waals surface area contributed by atoms with Crippen LogP contribution in [0.25, 0.3) is 0 Å². The van der Waals surface area contributed by atoms with Crippen LogP contribution in [0.3, 0.4) is 0 Å². The molecule has 4 nitrogen and oxygen atoms in total. The molecule has 0 unspecified atom stereocenters. The first-order valence-electron chi connectivity index (χ1n) is 8.38. The van der Waals surface area contributed by atoms with Gasteiger partial charge in [0.25, 0.3) is 5.91 Å². The molecule has 3 aromatic rings. The van der Waals surface area contributed by atoms with Crippen molar-refractivity contribution in [1.82, 2.24) is 0 Å². The molecule has 0 saturated carbocycles. The number of para-hydroxylation sites is 1. The Morgan fingerprint density at radius 3 is 2.62 bits per heavy atom. The molecule has 0 radical (unpaired) electrons. The van der Waals surface area contributed by atoms with Crippen molar-refractivity contribution in [2.75, 3.05) is 11.9 Å². The zero-order chi connectivity index (χ0) is 20.8. The van der Waals surface area contributed by atoms with Gasteiger partial charge in [-0.2, -0.15) is 0 Å². The first kappa shape index (κ1) is 21.3. The monoisotopic (exact) mass is 494 g/mol. The molecule has 0 bridgehead atoms. The Labute approximate surface area is 185 Å². The van der Waals surface area contributed by atoms with Crippen molar-refractivity contribution in [2.24, 2.45) is 4.99 Å². The van der Waals surface area contributed by atoms with Crippen LogP contribution in [-0.2, 0) is 4.79 Å². The van der Waals surface area contributed by atoms with Gasteiger partial charge in [0.05, 0.1) is 21.4 Å². The molecule has 148 valence electrons. The highest BCUT2D eigenvalue weighted by Crippen LogP contribution is 2.28. The van der Waals surface area contributed by atoms with E-state index in [2.05, 4.69) is 26.2 Å². The maximum atomic E-state index is 13.6. The van der Waals surface area contributed by atoms with E-state index >= 15 is 0 Å². The number of benzene rings is 3. The summed E-state index contributed by atoms with van der Waals surface area (Å²) in [5, 5.41) is 3.33. The van der Waals surface area contributed by atoms with E-state index in [1.165, 1.54) is 18.2 Å². The Balaban J connectivity index is 1.60. The highest BCUT2D eigenvalue weighted by Gasteiger charge is 2.09. The predicted molar refractivity (Wildman–Crippen MR) is 118 cm³/mol. The zero-order valence-electron chi connectivity index (χ0n) is 14.8. The fourth-order valence-electron chi connectivity index (χ4n) is 2.32. The molecule has 0 fully saturated rings. The second-order valence-corrected chi connectivity index (χ2v) is 7.53. The van der Waals surface area contributed by atoms with E-state index in [4.69, 9.17) is 27.9 Å². The molecule has 3 aromatic carbocycles. The van der Waals surface area contributed by atoms with Gasteiger partial charge >= 0.3 is 0 Å². The van der Waals surface area contributed by atoms with Crippen LogP contribution in [0.1, 0.15) is 5.56 Å². The fraction of sp³-hybridized carbons (Fsp3) is 0.0476. The third-order valence-corrected chi connectivity index (χ3v) is 5.26. The van der Waals surface area contributed by atoms with Gasteiger partial charge in [-0.15, -0.1) is 0 Å². The number of ether oxygens (including phenoxy) is 1. The second kappa shape index (κ2) is 9.87. The van der Waals surface area contributed by atoms with Crippen molar-refractivity contribution in [1.29, 1.82) is 0 Å². The topological polar surface area (TPSA) is 50.7 Å². The van der Waals surface area contributed by atoms with Crippen molar-refractivity contribution in [3.05, 3.63) is 86.6 Å². The molecule has 0 aliphatic rings. The summed E-state index contributed by atoms with van der Waals surface area (Å²) in [6, 6.07) is 16.3. The second-order valence-electron chi connectivity index (χ2n) is 5.86. The number of rotatable bonds is 6. The maximum absolute atomic E-state index is 13.6. The molecule has 1 amide bonds. The Hall–Kier alpha value is -2.41. The minimum Gasteiger partial charge on any atom is -0.482 e. The van der Waals surface area contributed by atoms with Crippen LogP contribution >= 0.6 is 39.1 Å². The van der Waals surface area contributed by atoms with E-state index in [0.717, 1.165) is 10.0 Å². The van der Waals surface area contributed by atoms with Crippen molar-refractivity contribution in [3.8, 4) is 5.75 Å². The molecule has 0 aliphatic heterocycles. The molecule has 0 spiro atoms. The Kier molecular flexibility index (Phi) is 7.25. The lowest BCUT2D eigenvalue weighted by atomic mass is 10.2. The first-order chi connectivity index (χ1) is 13.9. The predicted octanol–water partition coefficient (Wildman–Crippen LogP) is 6.66. The van der Waals surface area contributed by atoms with Gasteiger partial charge in [-0.05, 0) is 70.0 Å². The van der Waals surface area contributed by atoms with Crippen LogP contribution in [0.4, 0.5) is 15.8 Å². The lowest BCUT2D eigenvalue weighted by Gasteiger charge is -2.09. The maximum Gasteiger partial charge on any atom is 0.262 e. The van der Waals surface area contributed by atoms with E-state index in [9.17, 15) is 9.18 Å². The van der Waals surface area contributed by atoms with E-state index in [1.54, 1.807) is 36.5 Å². The summed E-state index contributed by atoms with van der Waals surface area (Å²) in [4.78, 5) is 16.3. The third kappa shape index (κ3) is 6.03. The van der Waals surface area contributed by atoms with Crippen LogP contribution < -0.4 is 10.1 Å². The largest absolute Gasteiger partial charge is 0.482 e. The lowest BCUT2D eigenvalue weighted by molar-refractivity contribution is -0.118. The van der Waals surface area contributed by atoms with Crippen LogP contribution in [-0.4, -0.2) is 18.7 Å². The average molecular weight is 496 g/mol. The molecule has 0 saturated heterocycles. The summed E-state index contributed by atoms with van der Waals surface area (Å²) in [6.45, 7) is -0.307. The summed E-state index contributed by atoms with van der Waals surface area (Å²) in [5.41, 5.74) is 1.53. The van der Waals surface area contributed by atoms with Crippen LogP contribution in [0.5, 0.6) is 5.75 Å².